The summed E-state index contributed by atoms with van der Waals surface area (Å²) in [6, 6.07) is 0. The third-order valence-electron chi connectivity index (χ3n) is 10.8. The zero-order valence-electron chi connectivity index (χ0n) is 21.4. The van der Waals surface area contributed by atoms with E-state index in [2.05, 4.69) is 26.8 Å². The van der Waals surface area contributed by atoms with E-state index in [0.717, 1.165) is 43.4 Å². The Morgan fingerprint density at radius 1 is 1.06 bits per heavy atom. The SMILES string of the molecule is CC(C)C(CC[C@@H](C)[C@H]1CC[C@H]2[C@@H]3CC=C4C[C@@H](O)CC[C@]4(C)[C@H]3CC[C@]12C)OP(=O)(O)O. The number of fused-ring (bicyclic) bond motifs is 5. The van der Waals surface area contributed by atoms with Gasteiger partial charge in [-0.2, -0.15) is 0 Å². The second kappa shape index (κ2) is 9.36. The van der Waals surface area contributed by atoms with Crippen molar-refractivity contribution in [2.24, 2.45) is 46.3 Å². The molecule has 0 radical (unpaired) electrons. The van der Waals surface area contributed by atoms with Crippen LogP contribution in [0.3, 0.4) is 0 Å². The number of rotatable bonds is 7. The zero-order chi connectivity index (χ0) is 24.2. The van der Waals surface area contributed by atoms with E-state index in [4.69, 9.17) is 4.52 Å². The molecule has 4 aliphatic rings. The van der Waals surface area contributed by atoms with E-state index < -0.39 is 13.9 Å². The maximum Gasteiger partial charge on any atom is 0.469 e. The quantitative estimate of drug-likeness (QED) is 0.286. The maximum atomic E-state index is 11.4. The lowest BCUT2D eigenvalue weighted by atomic mass is 9.47. The van der Waals surface area contributed by atoms with Gasteiger partial charge in [-0.05, 0) is 111 Å². The van der Waals surface area contributed by atoms with Gasteiger partial charge in [0.25, 0.3) is 0 Å². The number of aliphatic hydroxyl groups is 1. The van der Waals surface area contributed by atoms with E-state index in [0.29, 0.717) is 23.7 Å². The number of phosphoric ester groups is 1. The molecule has 0 spiro atoms. The van der Waals surface area contributed by atoms with E-state index in [1.165, 1.54) is 32.1 Å². The van der Waals surface area contributed by atoms with Crippen LogP contribution in [0.5, 0.6) is 0 Å². The molecule has 4 aliphatic carbocycles. The Labute approximate surface area is 201 Å². The Morgan fingerprint density at radius 3 is 2.45 bits per heavy atom. The summed E-state index contributed by atoms with van der Waals surface area (Å²) < 4.78 is 16.5. The fourth-order valence-electron chi connectivity index (χ4n) is 8.93. The van der Waals surface area contributed by atoms with E-state index in [-0.39, 0.29) is 17.4 Å². The minimum atomic E-state index is -4.46. The van der Waals surface area contributed by atoms with Crippen molar-refractivity contribution in [1.82, 2.24) is 0 Å². The van der Waals surface area contributed by atoms with E-state index in [9.17, 15) is 19.5 Å². The summed E-state index contributed by atoms with van der Waals surface area (Å²) in [7, 11) is -4.46. The van der Waals surface area contributed by atoms with Crippen LogP contribution in [0.15, 0.2) is 11.6 Å². The Morgan fingerprint density at radius 2 is 1.79 bits per heavy atom. The predicted molar refractivity (Wildman–Crippen MR) is 131 cm³/mol. The molecule has 5 nitrogen and oxygen atoms in total. The number of allylic oxidation sites excluding steroid dienone is 1. The molecule has 0 aromatic heterocycles. The van der Waals surface area contributed by atoms with Crippen LogP contribution in [0.1, 0.15) is 98.8 Å². The van der Waals surface area contributed by atoms with Gasteiger partial charge in [-0.25, -0.2) is 4.57 Å². The first-order valence-corrected chi connectivity index (χ1v) is 15.0. The lowest BCUT2D eigenvalue weighted by Crippen LogP contribution is -2.50. The van der Waals surface area contributed by atoms with Crippen LogP contribution in [-0.4, -0.2) is 27.1 Å². The van der Waals surface area contributed by atoms with E-state index in [1.807, 2.05) is 13.8 Å². The van der Waals surface area contributed by atoms with E-state index in [1.54, 1.807) is 5.57 Å². The molecule has 3 N–H and O–H groups in total. The third kappa shape index (κ3) is 4.92. The highest BCUT2D eigenvalue weighted by molar-refractivity contribution is 7.46. The van der Waals surface area contributed by atoms with Gasteiger partial charge in [0, 0.05) is 0 Å². The molecule has 3 saturated carbocycles. The minimum absolute atomic E-state index is 0.0881. The molecule has 6 heteroatoms. The second-order valence-electron chi connectivity index (χ2n) is 12.8. The highest BCUT2D eigenvalue weighted by atomic mass is 31.2. The number of aliphatic hydroxyl groups excluding tert-OH is 1. The normalized spacial score (nSPS) is 42.8. The van der Waals surface area contributed by atoms with Crippen molar-refractivity contribution in [3.63, 3.8) is 0 Å². The van der Waals surface area contributed by atoms with Crippen molar-refractivity contribution in [3.8, 4) is 0 Å². The van der Waals surface area contributed by atoms with Crippen LogP contribution in [0.25, 0.3) is 0 Å². The average molecular weight is 483 g/mol. The smallest absolute Gasteiger partial charge is 0.393 e. The summed E-state index contributed by atoms with van der Waals surface area (Å²) in [6.07, 6.45) is 13.0. The van der Waals surface area contributed by atoms with E-state index >= 15 is 0 Å². The lowest BCUT2D eigenvalue weighted by Gasteiger charge is -2.58. The summed E-state index contributed by atoms with van der Waals surface area (Å²) in [5, 5.41) is 10.2. The van der Waals surface area contributed by atoms with Crippen LogP contribution < -0.4 is 0 Å². The number of phosphoric acid groups is 1. The monoisotopic (exact) mass is 482 g/mol. The van der Waals surface area contributed by atoms with Crippen molar-refractivity contribution in [2.45, 2.75) is 111 Å². The van der Waals surface area contributed by atoms with Crippen molar-refractivity contribution in [2.75, 3.05) is 0 Å². The van der Waals surface area contributed by atoms with Gasteiger partial charge in [0.05, 0.1) is 12.2 Å². The molecule has 33 heavy (non-hydrogen) atoms. The number of hydrogen-bond acceptors (Lipinski definition) is 3. The molecule has 190 valence electrons. The number of hydrogen-bond donors (Lipinski definition) is 3. The topological polar surface area (TPSA) is 87.0 Å². The van der Waals surface area contributed by atoms with Crippen LogP contribution in [0.2, 0.25) is 0 Å². The van der Waals surface area contributed by atoms with Crippen LogP contribution in [-0.2, 0) is 9.09 Å². The lowest BCUT2D eigenvalue weighted by molar-refractivity contribution is -0.0579. The highest BCUT2D eigenvalue weighted by Crippen LogP contribution is 2.67. The van der Waals surface area contributed by atoms with Gasteiger partial charge in [-0.1, -0.05) is 46.3 Å². The van der Waals surface area contributed by atoms with Gasteiger partial charge in [0.1, 0.15) is 0 Å². The van der Waals surface area contributed by atoms with Crippen molar-refractivity contribution >= 4 is 7.82 Å². The molecule has 0 amide bonds. The van der Waals surface area contributed by atoms with Crippen molar-refractivity contribution in [3.05, 3.63) is 11.6 Å². The highest BCUT2D eigenvalue weighted by Gasteiger charge is 2.59. The zero-order valence-corrected chi connectivity index (χ0v) is 22.3. The van der Waals surface area contributed by atoms with Crippen molar-refractivity contribution in [1.29, 1.82) is 0 Å². The fourth-order valence-corrected chi connectivity index (χ4v) is 9.63. The molecule has 4 rings (SSSR count). The molecule has 0 heterocycles. The van der Waals surface area contributed by atoms with Gasteiger partial charge in [0.15, 0.2) is 0 Å². The molecule has 0 saturated heterocycles. The van der Waals surface area contributed by atoms with Crippen molar-refractivity contribution < 1.29 is 24.0 Å². The summed E-state index contributed by atoms with van der Waals surface area (Å²) in [6.45, 7) is 11.4. The average Bonchev–Trinajstić information content (AvgIpc) is 3.07. The fraction of sp³-hybridized carbons (Fsp3) is 0.926. The Bertz CT molecular complexity index is 789. The predicted octanol–water partition coefficient (Wildman–Crippen LogP) is 6.48. The largest absolute Gasteiger partial charge is 0.469 e. The Hall–Kier alpha value is -0.190. The Kier molecular flexibility index (Phi) is 7.34. The first-order valence-electron chi connectivity index (χ1n) is 13.5. The van der Waals surface area contributed by atoms with Crippen LogP contribution >= 0.6 is 7.82 Å². The van der Waals surface area contributed by atoms with Crippen LogP contribution in [0, 0.1) is 46.3 Å². The molecule has 0 aromatic carbocycles. The molecular formula is C27H47O5P. The molecule has 0 aliphatic heterocycles. The van der Waals surface area contributed by atoms with Gasteiger partial charge in [-0.15, -0.1) is 0 Å². The molecule has 0 aromatic rings. The Balaban J connectivity index is 1.45. The summed E-state index contributed by atoms with van der Waals surface area (Å²) in [5.74, 6) is 3.61. The molecule has 0 bridgehead atoms. The second-order valence-corrected chi connectivity index (χ2v) is 14.0. The molecular weight excluding hydrogens is 435 g/mol. The first-order chi connectivity index (χ1) is 15.3. The van der Waals surface area contributed by atoms with Gasteiger partial charge in [0.2, 0.25) is 0 Å². The summed E-state index contributed by atoms with van der Waals surface area (Å²) in [5.41, 5.74) is 2.20. The summed E-state index contributed by atoms with van der Waals surface area (Å²) >= 11 is 0. The summed E-state index contributed by atoms with van der Waals surface area (Å²) in [4.78, 5) is 18.6. The maximum absolute atomic E-state index is 11.4. The standard InChI is InChI=1S/C27H47O5P/c1-17(2)25(32-33(29,30)31)11-6-18(3)22-9-10-23-21-8-7-19-16-20(28)12-14-26(19,4)24(21)13-15-27(22,23)5/h7,17-18,20-25,28H,6,8-16H2,1-5H3,(H2,29,30,31)/t18-,20+,21+,22-,23+,24+,25?,26+,27-/m1/s1. The minimum Gasteiger partial charge on any atom is -0.393 e. The van der Waals surface area contributed by atoms with Gasteiger partial charge in [-0.3, -0.25) is 4.52 Å². The van der Waals surface area contributed by atoms with Gasteiger partial charge < -0.3 is 14.9 Å². The molecule has 9 atom stereocenters. The van der Waals surface area contributed by atoms with Crippen LogP contribution in [0.4, 0.5) is 0 Å². The third-order valence-corrected chi connectivity index (χ3v) is 11.3. The first kappa shape index (κ1) is 25.9. The molecule has 3 fully saturated rings. The van der Waals surface area contributed by atoms with Gasteiger partial charge >= 0.3 is 7.82 Å². The molecule has 1 unspecified atom stereocenters.